The van der Waals surface area contributed by atoms with Crippen LogP contribution in [0.25, 0.3) is 11.5 Å². The highest BCUT2D eigenvalue weighted by molar-refractivity contribution is 7.08. The number of thiophene rings is 1. The molecule has 0 bridgehead atoms. The van der Waals surface area contributed by atoms with Gasteiger partial charge < -0.3 is 14.2 Å². The van der Waals surface area contributed by atoms with Crippen molar-refractivity contribution in [1.29, 1.82) is 0 Å². The van der Waals surface area contributed by atoms with Gasteiger partial charge in [-0.3, -0.25) is 4.79 Å². The molecular formula is C15H12F3N3O3S. The van der Waals surface area contributed by atoms with Crippen LogP contribution in [0.2, 0.25) is 0 Å². The number of carbonyl (C=O) groups is 1. The van der Waals surface area contributed by atoms with E-state index in [-0.39, 0.29) is 24.5 Å². The third kappa shape index (κ3) is 4.27. The molecule has 0 spiro atoms. The van der Waals surface area contributed by atoms with Crippen LogP contribution in [0.1, 0.15) is 24.1 Å². The third-order valence-electron chi connectivity index (χ3n) is 3.26. The van der Waals surface area contributed by atoms with E-state index >= 15 is 0 Å². The Balaban J connectivity index is 1.59. The van der Waals surface area contributed by atoms with Gasteiger partial charge in [0.15, 0.2) is 6.04 Å². The molecular weight excluding hydrogens is 359 g/mol. The number of carbonyl (C=O) groups excluding carboxylic acids is 1. The Labute approximate surface area is 143 Å². The molecule has 25 heavy (non-hydrogen) atoms. The molecule has 1 unspecified atom stereocenters. The number of aromatic nitrogens is 2. The summed E-state index contributed by atoms with van der Waals surface area (Å²) in [4.78, 5) is 11.9. The van der Waals surface area contributed by atoms with E-state index in [1.807, 2.05) is 16.1 Å². The molecule has 3 rings (SSSR count). The summed E-state index contributed by atoms with van der Waals surface area (Å²) in [6, 6.07) is 2.08. The summed E-state index contributed by atoms with van der Waals surface area (Å²) in [5.74, 6) is -0.689. The molecule has 0 fully saturated rings. The van der Waals surface area contributed by atoms with Crippen LogP contribution >= 0.6 is 11.3 Å². The van der Waals surface area contributed by atoms with Gasteiger partial charge in [0.2, 0.25) is 17.7 Å². The van der Waals surface area contributed by atoms with Crippen molar-refractivity contribution in [2.24, 2.45) is 0 Å². The van der Waals surface area contributed by atoms with Crippen LogP contribution in [-0.4, -0.2) is 22.3 Å². The van der Waals surface area contributed by atoms with Crippen molar-refractivity contribution in [2.45, 2.75) is 25.1 Å². The van der Waals surface area contributed by atoms with Gasteiger partial charge in [-0.05, 0) is 23.6 Å². The van der Waals surface area contributed by atoms with Gasteiger partial charge in [0.25, 0.3) is 0 Å². The molecule has 132 valence electrons. The van der Waals surface area contributed by atoms with Gasteiger partial charge in [-0.25, -0.2) is 0 Å². The van der Waals surface area contributed by atoms with E-state index in [4.69, 9.17) is 8.83 Å². The van der Waals surface area contributed by atoms with E-state index in [0.29, 0.717) is 5.89 Å². The molecule has 0 saturated carbocycles. The Morgan fingerprint density at radius 1 is 1.32 bits per heavy atom. The van der Waals surface area contributed by atoms with Crippen molar-refractivity contribution in [2.75, 3.05) is 0 Å². The van der Waals surface area contributed by atoms with Crippen LogP contribution in [0.3, 0.4) is 0 Å². The summed E-state index contributed by atoms with van der Waals surface area (Å²) in [6.45, 7) is 0. The lowest BCUT2D eigenvalue weighted by atomic mass is 10.2. The molecule has 10 heteroatoms. The lowest BCUT2D eigenvalue weighted by molar-refractivity contribution is -0.166. The predicted molar refractivity (Wildman–Crippen MR) is 81.6 cm³/mol. The number of aryl methyl sites for hydroxylation is 1. The molecule has 6 nitrogen and oxygen atoms in total. The Bertz CT molecular complexity index is 813. The SMILES string of the molecule is O=C(CCc1nnc(-c2ccsc2)o1)NC(c1ccco1)C(F)(F)F. The minimum atomic E-state index is -4.66. The zero-order valence-electron chi connectivity index (χ0n) is 12.6. The van der Waals surface area contributed by atoms with Crippen molar-refractivity contribution in [3.63, 3.8) is 0 Å². The van der Waals surface area contributed by atoms with Crippen LogP contribution in [-0.2, 0) is 11.2 Å². The fraction of sp³-hybridized carbons (Fsp3) is 0.267. The molecule has 0 aliphatic carbocycles. The number of nitrogens with zero attached hydrogens (tertiary/aromatic N) is 2. The number of furan rings is 1. The van der Waals surface area contributed by atoms with Gasteiger partial charge in [-0.1, -0.05) is 0 Å². The van der Waals surface area contributed by atoms with Crippen LogP contribution in [0.15, 0.2) is 44.1 Å². The second kappa shape index (κ2) is 7.09. The maximum absolute atomic E-state index is 13.1. The first-order valence-electron chi connectivity index (χ1n) is 7.18. The minimum absolute atomic E-state index is 0.0334. The van der Waals surface area contributed by atoms with Crippen molar-refractivity contribution in [3.05, 3.63) is 46.9 Å². The normalized spacial score (nSPS) is 12.9. The third-order valence-corrected chi connectivity index (χ3v) is 3.94. The van der Waals surface area contributed by atoms with Crippen LogP contribution in [0, 0.1) is 0 Å². The largest absolute Gasteiger partial charge is 0.467 e. The Kier molecular flexibility index (Phi) is 4.88. The van der Waals surface area contributed by atoms with E-state index in [1.54, 1.807) is 6.07 Å². The first kappa shape index (κ1) is 17.2. The number of hydrogen-bond donors (Lipinski definition) is 1. The van der Waals surface area contributed by atoms with Crippen molar-refractivity contribution < 1.29 is 26.8 Å². The smallest absolute Gasteiger partial charge is 0.415 e. The van der Waals surface area contributed by atoms with E-state index in [1.165, 1.54) is 17.4 Å². The Hall–Kier alpha value is -2.62. The highest BCUT2D eigenvalue weighted by atomic mass is 32.1. The number of hydrogen-bond acceptors (Lipinski definition) is 6. The van der Waals surface area contributed by atoms with Gasteiger partial charge in [0.05, 0.1) is 6.26 Å². The quantitative estimate of drug-likeness (QED) is 0.714. The topological polar surface area (TPSA) is 81.2 Å². The summed E-state index contributed by atoms with van der Waals surface area (Å²) in [6.07, 6.45) is -3.74. The van der Waals surface area contributed by atoms with Gasteiger partial charge in [-0.15, -0.1) is 10.2 Å². The molecule has 0 aliphatic heterocycles. The van der Waals surface area contributed by atoms with Gasteiger partial charge in [0.1, 0.15) is 5.76 Å². The van der Waals surface area contributed by atoms with Crippen molar-refractivity contribution >= 4 is 17.2 Å². The van der Waals surface area contributed by atoms with Crippen LogP contribution in [0.4, 0.5) is 13.2 Å². The molecule has 0 saturated heterocycles. The fourth-order valence-corrected chi connectivity index (χ4v) is 2.71. The maximum atomic E-state index is 13.1. The average Bonchev–Trinajstić information content (AvgIpc) is 3.31. The van der Waals surface area contributed by atoms with Gasteiger partial charge in [0, 0.05) is 23.8 Å². The number of halogens is 3. The van der Waals surface area contributed by atoms with Crippen LogP contribution < -0.4 is 5.32 Å². The monoisotopic (exact) mass is 371 g/mol. The number of alkyl halides is 3. The zero-order chi connectivity index (χ0) is 17.9. The fourth-order valence-electron chi connectivity index (χ4n) is 2.08. The molecule has 3 aromatic heterocycles. The molecule has 0 aromatic carbocycles. The lowest BCUT2D eigenvalue weighted by Crippen LogP contribution is -2.38. The Morgan fingerprint density at radius 2 is 2.16 bits per heavy atom. The van der Waals surface area contributed by atoms with E-state index in [2.05, 4.69) is 10.2 Å². The summed E-state index contributed by atoms with van der Waals surface area (Å²) in [7, 11) is 0. The first-order chi connectivity index (χ1) is 11.9. The van der Waals surface area contributed by atoms with Crippen molar-refractivity contribution in [3.8, 4) is 11.5 Å². The molecule has 3 aromatic rings. The van der Waals surface area contributed by atoms with Crippen molar-refractivity contribution in [1.82, 2.24) is 15.5 Å². The number of rotatable bonds is 6. The summed E-state index contributed by atoms with van der Waals surface area (Å²) in [5, 5.41) is 13.2. The second-order valence-corrected chi connectivity index (χ2v) is 5.85. The van der Waals surface area contributed by atoms with Crippen LogP contribution in [0.5, 0.6) is 0 Å². The highest BCUT2D eigenvalue weighted by Gasteiger charge is 2.43. The predicted octanol–water partition coefficient (Wildman–Crippen LogP) is 3.74. The highest BCUT2D eigenvalue weighted by Crippen LogP contribution is 2.33. The first-order valence-corrected chi connectivity index (χ1v) is 8.12. The molecule has 1 N–H and O–H groups in total. The standard InChI is InChI=1S/C15H12F3N3O3S/c16-15(17,18)13(10-2-1-6-23-10)19-11(22)3-4-12-20-21-14(24-12)9-5-7-25-8-9/h1-2,5-8,13H,3-4H2,(H,19,22). The van der Waals surface area contributed by atoms with Gasteiger partial charge >= 0.3 is 6.18 Å². The second-order valence-electron chi connectivity index (χ2n) is 5.07. The summed E-state index contributed by atoms with van der Waals surface area (Å²) in [5.41, 5.74) is 0.753. The zero-order valence-corrected chi connectivity index (χ0v) is 13.4. The molecule has 0 radical (unpaired) electrons. The average molecular weight is 371 g/mol. The summed E-state index contributed by atoms with van der Waals surface area (Å²) < 4.78 is 49.3. The molecule has 1 atom stereocenters. The Morgan fingerprint density at radius 3 is 2.80 bits per heavy atom. The van der Waals surface area contributed by atoms with Gasteiger partial charge in [-0.2, -0.15) is 24.5 Å². The number of amides is 1. The van der Waals surface area contributed by atoms with E-state index < -0.39 is 18.1 Å². The minimum Gasteiger partial charge on any atom is -0.467 e. The van der Waals surface area contributed by atoms with E-state index in [9.17, 15) is 18.0 Å². The van der Waals surface area contributed by atoms with E-state index in [0.717, 1.165) is 17.9 Å². The molecule has 1 amide bonds. The lowest BCUT2D eigenvalue weighted by Gasteiger charge is -2.19. The molecule has 0 aliphatic rings. The maximum Gasteiger partial charge on any atom is 0.415 e. The summed E-state index contributed by atoms with van der Waals surface area (Å²) >= 11 is 1.46. The molecule has 3 heterocycles. The number of nitrogens with one attached hydrogen (secondary N) is 1.